The normalized spacial score (nSPS) is 24.2. The Kier molecular flexibility index (Phi) is 5.64. The molecule has 0 saturated heterocycles. The molecular formula is C15H27BrN4. The van der Waals surface area contributed by atoms with Crippen LogP contribution in [0.15, 0.2) is 4.47 Å². The van der Waals surface area contributed by atoms with E-state index in [2.05, 4.69) is 40.3 Å². The van der Waals surface area contributed by atoms with Gasteiger partial charge in [0.2, 0.25) is 0 Å². The third-order valence-electron chi connectivity index (χ3n) is 4.86. The van der Waals surface area contributed by atoms with Crippen LogP contribution in [-0.4, -0.2) is 15.8 Å². The zero-order valence-electron chi connectivity index (χ0n) is 12.8. The van der Waals surface area contributed by atoms with E-state index in [-0.39, 0.29) is 0 Å². The van der Waals surface area contributed by atoms with E-state index < -0.39 is 0 Å². The number of nitrogens with zero attached hydrogens (tertiary/aromatic N) is 2. The van der Waals surface area contributed by atoms with Crippen LogP contribution < -0.4 is 11.3 Å². The van der Waals surface area contributed by atoms with Crippen LogP contribution in [0, 0.1) is 11.8 Å². The van der Waals surface area contributed by atoms with Crippen molar-refractivity contribution in [2.75, 3.05) is 0 Å². The highest BCUT2D eigenvalue weighted by molar-refractivity contribution is 9.10. The summed E-state index contributed by atoms with van der Waals surface area (Å²) in [6.07, 6.45) is 7.15. The van der Waals surface area contributed by atoms with E-state index in [0.29, 0.717) is 12.0 Å². The van der Waals surface area contributed by atoms with Crippen LogP contribution in [0.5, 0.6) is 0 Å². The Morgan fingerprint density at radius 1 is 1.45 bits per heavy atom. The maximum absolute atomic E-state index is 5.83. The second kappa shape index (κ2) is 7.05. The molecule has 0 bridgehead atoms. The van der Waals surface area contributed by atoms with Gasteiger partial charge in [-0.15, -0.1) is 0 Å². The Bertz CT molecular complexity index is 443. The Balaban J connectivity index is 2.09. The lowest BCUT2D eigenvalue weighted by molar-refractivity contribution is 0.342. The molecule has 0 amide bonds. The summed E-state index contributed by atoms with van der Waals surface area (Å²) in [5.41, 5.74) is 5.45. The van der Waals surface area contributed by atoms with Gasteiger partial charge in [0.1, 0.15) is 0 Å². The molecule has 3 unspecified atom stereocenters. The molecule has 1 aliphatic carbocycles. The van der Waals surface area contributed by atoms with Gasteiger partial charge < -0.3 is 0 Å². The Labute approximate surface area is 130 Å². The predicted octanol–water partition coefficient (Wildman–Crippen LogP) is 2.95. The van der Waals surface area contributed by atoms with Crippen LogP contribution in [0.25, 0.3) is 0 Å². The van der Waals surface area contributed by atoms with Crippen molar-refractivity contribution in [3.8, 4) is 0 Å². The number of halogens is 1. The summed E-state index contributed by atoms with van der Waals surface area (Å²) in [5, 5.41) is 4.57. The first kappa shape index (κ1) is 16.0. The van der Waals surface area contributed by atoms with Crippen LogP contribution in [0.3, 0.4) is 0 Å². The van der Waals surface area contributed by atoms with Crippen molar-refractivity contribution in [3.63, 3.8) is 0 Å². The van der Waals surface area contributed by atoms with Gasteiger partial charge in [0, 0.05) is 19.5 Å². The number of aromatic nitrogens is 2. The molecule has 1 aromatic rings. The molecule has 0 radical (unpaired) electrons. The van der Waals surface area contributed by atoms with E-state index in [1.165, 1.54) is 31.4 Å². The number of hydrazine groups is 1. The number of hydrogen-bond donors (Lipinski definition) is 2. The van der Waals surface area contributed by atoms with Crippen LogP contribution in [0.1, 0.15) is 50.9 Å². The molecular weight excluding hydrogens is 316 g/mol. The maximum Gasteiger partial charge on any atom is 0.0766 e. The van der Waals surface area contributed by atoms with Crippen LogP contribution in [0.2, 0.25) is 0 Å². The standard InChI is InChI=1S/C15H27BrN4/c1-4-10-6-7-11(8-10)13(18-17)9-14-15(16)12(5-2)19-20(14)3/h10-11,13,18H,4-9,17H2,1-3H3. The van der Waals surface area contributed by atoms with E-state index in [1.807, 2.05) is 11.7 Å². The van der Waals surface area contributed by atoms with Crippen molar-refractivity contribution in [1.82, 2.24) is 15.2 Å². The fourth-order valence-electron chi connectivity index (χ4n) is 3.46. The van der Waals surface area contributed by atoms with E-state index in [0.717, 1.165) is 28.9 Å². The molecule has 1 aliphatic rings. The average molecular weight is 343 g/mol. The summed E-state index contributed by atoms with van der Waals surface area (Å²) in [4.78, 5) is 0. The lowest BCUT2D eigenvalue weighted by atomic mass is 9.93. The summed E-state index contributed by atoms with van der Waals surface area (Å²) in [7, 11) is 2.02. The van der Waals surface area contributed by atoms with Crippen LogP contribution in [0.4, 0.5) is 0 Å². The second-order valence-electron chi connectivity index (χ2n) is 6.01. The lowest BCUT2D eigenvalue weighted by Crippen LogP contribution is -2.42. The highest BCUT2D eigenvalue weighted by Crippen LogP contribution is 2.36. The molecule has 5 heteroatoms. The Morgan fingerprint density at radius 3 is 2.70 bits per heavy atom. The lowest BCUT2D eigenvalue weighted by Gasteiger charge is -2.23. The Morgan fingerprint density at radius 2 is 2.20 bits per heavy atom. The minimum atomic E-state index is 0.350. The number of hydrogen-bond acceptors (Lipinski definition) is 3. The fraction of sp³-hybridized carbons (Fsp3) is 0.800. The molecule has 1 aromatic heterocycles. The molecule has 20 heavy (non-hydrogen) atoms. The molecule has 3 atom stereocenters. The average Bonchev–Trinajstić information content (AvgIpc) is 3.02. The first-order valence-corrected chi connectivity index (χ1v) is 8.56. The quantitative estimate of drug-likeness (QED) is 0.617. The molecule has 1 saturated carbocycles. The summed E-state index contributed by atoms with van der Waals surface area (Å²) >= 11 is 3.70. The van der Waals surface area contributed by atoms with Gasteiger partial charge in [-0.3, -0.25) is 16.0 Å². The predicted molar refractivity (Wildman–Crippen MR) is 86.2 cm³/mol. The van der Waals surface area contributed by atoms with Gasteiger partial charge in [0.25, 0.3) is 0 Å². The first-order chi connectivity index (χ1) is 9.60. The largest absolute Gasteiger partial charge is 0.271 e. The zero-order chi connectivity index (χ0) is 14.7. The molecule has 4 nitrogen and oxygen atoms in total. The molecule has 114 valence electrons. The van der Waals surface area contributed by atoms with Gasteiger partial charge in [-0.25, -0.2) is 0 Å². The molecule has 3 N–H and O–H groups in total. The Hall–Kier alpha value is -0.390. The van der Waals surface area contributed by atoms with Crippen molar-refractivity contribution in [2.24, 2.45) is 24.7 Å². The highest BCUT2D eigenvalue weighted by Gasteiger charge is 2.30. The summed E-state index contributed by atoms with van der Waals surface area (Å²) < 4.78 is 3.16. The minimum absolute atomic E-state index is 0.350. The monoisotopic (exact) mass is 342 g/mol. The van der Waals surface area contributed by atoms with Gasteiger partial charge >= 0.3 is 0 Å². The molecule has 0 aromatic carbocycles. The van der Waals surface area contributed by atoms with Crippen LogP contribution >= 0.6 is 15.9 Å². The van der Waals surface area contributed by atoms with Crippen molar-refractivity contribution < 1.29 is 0 Å². The van der Waals surface area contributed by atoms with Gasteiger partial charge in [0.15, 0.2) is 0 Å². The minimum Gasteiger partial charge on any atom is -0.271 e. The molecule has 0 spiro atoms. The highest BCUT2D eigenvalue weighted by atomic mass is 79.9. The smallest absolute Gasteiger partial charge is 0.0766 e. The second-order valence-corrected chi connectivity index (χ2v) is 6.80. The maximum atomic E-state index is 5.83. The number of rotatable bonds is 6. The van der Waals surface area contributed by atoms with Crippen molar-refractivity contribution in [2.45, 2.75) is 58.4 Å². The van der Waals surface area contributed by atoms with Crippen molar-refractivity contribution >= 4 is 15.9 Å². The third-order valence-corrected chi connectivity index (χ3v) is 5.77. The van der Waals surface area contributed by atoms with Gasteiger partial charge in [-0.1, -0.05) is 26.7 Å². The summed E-state index contributed by atoms with van der Waals surface area (Å²) in [5.74, 6) is 7.41. The number of aryl methyl sites for hydroxylation is 2. The van der Waals surface area contributed by atoms with Crippen molar-refractivity contribution in [1.29, 1.82) is 0 Å². The van der Waals surface area contributed by atoms with Crippen molar-refractivity contribution in [3.05, 3.63) is 15.9 Å². The first-order valence-electron chi connectivity index (χ1n) is 7.76. The van der Waals surface area contributed by atoms with E-state index >= 15 is 0 Å². The van der Waals surface area contributed by atoms with E-state index in [1.54, 1.807) is 0 Å². The van der Waals surface area contributed by atoms with E-state index in [9.17, 15) is 0 Å². The SMILES string of the molecule is CCc1nn(C)c(CC(NN)C2CCC(CC)C2)c1Br. The fourth-order valence-corrected chi connectivity index (χ4v) is 4.24. The third kappa shape index (κ3) is 3.26. The molecule has 1 fully saturated rings. The van der Waals surface area contributed by atoms with Gasteiger partial charge in [-0.2, -0.15) is 5.10 Å². The molecule has 1 heterocycles. The van der Waals surface area contributed by atoms with Crippen LogP contribution in [-0.2, 0) is 19.9 Å². The molecule has 2 rings (SSSR count). The summed E-state index contributed by atoms with van der Waals surface area (Å²) in [6, 6.07) is 0.350. The zero-order valence-corrected chi connectivity index (χ0v) is 14.4. The van der Waals surface area contributed by atoms with Gasteiger partial charge in [0.05, 0.1) is 15.9 Å². The molecule has 0 aliphatic heterocycles. The number of nitrogens with two attached hydrogens (primary N) is 1. The van der Waals surface area contributed by atoms with E-state index in [4.69, 9.17) is 5.84 Å². The van der Waals surface area contributed by atoms with Gasteiger partial charge in [-0.05, 0) is 47.0 Å². The number of nitrogens with one attached hydrogen (secondary N) is 1. The summed E-state index contributed by atoms with van der Waals surface area (Å²) in [6.45, 7) is 4.43. The topological polar surface area (TPSA) is 55.9 Å².